The number of carbonyl (C=O) groups excluding carboxylic acids is 2. The molecule has 0 aliphatic rings. The van der Waals surface area contributed by atoms with E-state index in [1.807, 2.05) is 0 Å². The van der Waals surface area contributed by atoms with Gasteiger partial charge < -0.3 is 35.4 Å². The smallest absolute Gasteiger partial charge is 0.192 e. The summed E-state index contributed by atoms with van der Waals surface area (Å²) in [6, 6.07) is 0. The minimum absolute atomic E-state index is 0.196. The number of ketones is 2. The second kappa shape index (κ2) is 24.8. The third kappa shape index (κ3) is 18.9. The van der Waals surface area contributed by atoms with Gasteiger partial charge in [0, 0.05) is 12.8 Å². The van der Waals surface area contributed by atoms with Crippen molar-refractivity contribution in [3.05, 3.63) is 0 Å². The highest BCUT2D eigenvalue weighted by Crippen LogP contribution is 2.20. The Morgan fingerprint density at radius 2 is 0.846 bits per heavy atom. The summed E-state index contributed by atoms with van der Waals surface area (Å²) in [4.78, 5) is 25.5. The molecule has 0 aromatic rings. The van der Waals surface area contributed by atoms with E-state index in [1.165, 1.54) is 38.5 Å². The first-order valence-corrected chi connectivity index (χ1v) is 15.4. The Morgan fingerprint density at radius 1 is 0.538 bits per heavy atom. The van der Waals surface area contributed by atoms with E-state index in [9.17, 15) is 40.2 Å². The molecule has 0 aliphatic heterocycles. The summed E-state index contributed by atoms with van der Waals surface area (Å²) in [6.07, 6.45) is 7.09. The van der Waals surface area contributed by atoms with Crippen LogP contribution in [-0.2, 0) is 14.3 Å². The van der Waals surface area contributed by atoms with Gasteiger partial charge in [-0.15, -0.1) is 0 Å². The number of hydrogen-bond donors (Lipinski definition) is 6. The average molecular weight is 563 g/mol. The van der Waals surface area contributed by atoms with Gasteiger partial charge in [0.25, 0.3) is 0 Å². The molecule has 0 fully saturated rings. The van der Waals surface area contributed by atoms with Crippen molar-refractivity contribution in [3.63, 3.8) is 0 Å². The molecule has 39 heavy (non-hydrogen) atoms. The third-order valence-electron chi connectivity index (χ3n) is 7.22. The van der Waals surface area contributed by atoms with Crippen LogP contribution < -0.4 is 0 Å². The molecule has 0 radical (unpaired) electrons. The van der Waals surface area contributed by atoms with E-state index in [-0.39, 0.29) is 12.8 Å². The largest absolute Gasteiger partial charge is 0.393 e. The van der Waals surface area contributed by atoms with Gasteiger partial charge in [0.1, 0.15) is 24.4 Å². The second-order valence-electron chi connectivity index (χ2n) is 10.9. The summed E-state index contributed by atoms with van der Waals surface area (Å²) in [5, 5.41) is 59.6. The zero-order valence-electron chi connectivity index (χ0n) is 24.5. The highest BCUT2D eigenvalue weighted by Gasteiger charge is 2.35. The van der Waals surface area contributed by atoms with Crippen LogP contribution in [0.1, 0.15) is 129 Å². The van der Waals surface area contributed by atoms with Crippen LogP contribution in [0.3, 0.4) is 0 Å². The maximum atomic E-state index is 12.8. The Balaban J connectivity index is 5.12. The minimum atomic E-state index is -1.75. The molecule has 0 saturated heterocycles. The van der Waals surface area contributed by atoms with E-state index >= 15 is 0 Å². The molecule has 0 spiro atoms. The van der Waals surface area contributed by atoms with E-state index in [2.05, 4.69) is 13.8 Å². The van der Waals surface area contributed by atoms with Crippen molar-refractivity contribution >= 4 is 11.6 Å². The summed E-state index contributed by atoms with van der Waals surface area (Å²) in [5.41, 5.74) is 0. The number of carbonyl (C=O) groups is 2. The summed E-state index contributed by atoms with van der Waals surface area (Å²) in [6.45, 7) is 2.63. The molecule has 232 valence electrons. The summed E-state index contributed by atoms with van der Waals surface area (Å²) < 4.78 is 5.74. The molecule has 0 heterocycles. The molecule has 6 atom stereocenters. The molecule has 0 rings (SSSR count). The van der Waals surface area contributed by atoms with Crippen LogP contribution in [0.4, 0.5) is 0 Å². The Bertz CT molecular complexity index is 551. The lowest BCUT2D eigenvalue weighted by Crippen LogP contribution is -2.45. The van der Waals surface area contributed by atoms with Crippen molar-refractivity contribution in [2.24, 2.45) is 0 Å². The fraction of sp³-hybridized carbons (Fsp3) is 0.933. The van der Waals surface area contributed by atoms with Crippen LogP contribution in [-0.4, -0.2) is 92.0 Å². The predicted octanol–water partition coefficient (Wildman–Crippen LogP) is 3.37. The lowest BCUT2D eigenvalue weighted by molar-refractivity contribution is -0.159. The van der Waals surface area contributed by atoms with Crippen LogP contribution in [0.2, 0.25) is 0 Å². The van der Waals surface area contributed by atoms with Crippen molar-refractivity contribution < 1.29 is 45.0 Å². The summed E-state index contributed by atoms with van der Waals surface area (Å²) in [5.74, 6) is -1.76. The molecule has 0 aromatic heterocycles. The lowest BCUT2D eigenvalue weighted by Gasteiger charge is -2.28. The van der Waals surface area contributed by atoms with Gasteiger partial charge in [-0.2, -0.15) is 0 Å². The molecular weight excluding hydrogens is 504 g/mol. The number of aliphatic hydroxyl groups is 6. The summed E-state index contributed by atoms with van der Waals surface area (Å²) in [7, 11) is 0. The SMILES string of the molecule is CCCCCCCCCC(O)CC(OC(CC(O)CCCCCCCCC)C(=O)C(O)CO)C(=O)C(O)CO. The Kier molecular flexibility index (Phi) is 24.2. The topological polar surface area (TPSA) is 165 Å². The molecule has 9 nitrogen and oxygen atoms in total. The first-order valence-electron chi connectivity index (χ1n) is 15.4. The Morgan fingerprint density at radius 3 is 1.15 bits per heavy atom. The van der Waals surface area contributed by atoms with Gasteiger partial charge in [-0.25, -0.2) is 0 Å². The zero-order valence-corrected chi connectivity index (χ0v) is 24.5. The average Bonchev–Trinajstić information content (AvgIpc) is 2.93. The van der Waals surface area contributed by atoms with E-state index < -0.39 is 61.4 Å². The molecule has 0 aliphatic carbocycles. The number of rotatable bonds is 28. The van der Waals surface area contributed by atoms with Crippen molar-refractivity contribution in [2.75, 3.05) is 13.2 Å². The number of ether oxygens (including phenoxy) is 1. The highest BCUT2D eigenvalue weighted by molar-refractivity contribution is 5.89. The molecular formula is C30H58O9. The van der Waals surface area contributed by atoms with Crippen molar-refractivity contribution in [3.8, 4) is 0 Å². The lowest BCUT2D eigenvalue weighted by atomic mass is 9.97. The first-order chi connectivity index (χ1) is 18.7. The normalized spacial score (nSPS) is 16.4. The van der Waals surface area contributed by atoms with Crippen LogP contribution in [0.5, 0.6) is 0 Å². The van der Waals surface area contributed by atoms with Gasteiger partial charge in [-0.3, -0.25) is 9.59 Å². The van der Waals surface area contributed by atoms with E-state index in [4.69, 9.17) is 4.74 Å². The summed E-state index contributed by atoms with van der Waals surface area (Å²) >= 11 is 0. The highest BCUT2D eigenvalue weighted by atomic mass is 16.5. The van der Waals surface area contributed by atoms with Crippen LogP contribution in [0.15, 0.2) is 0 Å². The van der Waals surface area contributed by atoms with Gasteiger partial charge in [0.2, 0.25) is 0 Å². The van der Waals surface area contributed by atoms with E-state index in [0.29, 0.717) is 12.8 Å². The standard InChI is InChI=1S/C30H58O9/c1-3-5-7-9-11-13-15-17-23(33)19-27(29(37)25(35)21-31)39-28(30(38)26(36)22-32)20-24(34)18-16-14-12-10-8-6-4-2/h23-28,31-36H,3-22H2,1-2H3. The van der Waals surface area contributed by atoms with E-state index in [1.54, 1.807) is 0 Å². The van der Waals surface area contributed by atoms with Crippen molar-refractivity contribution in [2.45, 2.75) is 166 Å². The van der Waals surface area contributed by atoms with Crippen LogP contribution in [0.25, 0.3) is 0 Å². The molecule has 0 amide bonds. The number of aliphatic hydroxyl groups excluding tert-OH is 6. The zero-order chi connectivity index (χ0) is 29.5. The number of hydrogen-bond acceptors (Lipinski definition) is 9. The predicted molar refractivity (Wildman–Crippen MR) is 151 cm³/mol. The Labute approximate surface area is 236 Å². The number of Topliss-reactive ketones (excluding diaryl/α,β-unsaturated/α-hetero) is 2. The maximum Gasteiger partial charge on any atom is 0.192 e. The van der Waals surface area contributed by atoms with Crippen molar-refractivity contribution in [1.29, 1.82) is 0 Å². The van der Waals surface area contributed by atoms with Crippen LogP contribution in [0, 0.1) is 0 Å². The second-order valence-corrected chi connectivity index (χ2v) is 10.9. The molecule has 0 saturated carbocycles. The van der Waals surface area contributed by atoms with Gasteiger partial charge >= 0.3 is 0 Å². The molecule has 6 N–H and O–H groups in total. The monoisotopic (exact) mass is 562 g/mol. The molecule has 9 heteroatoms. The van der Waals surface area contributed by atoms with Crippen molar-refractivity contribution in [1.82, 2.24) is 0 Å². The fourth-order valence-electron chi connectivity index (χ4n) is 4.69. The number of unbranched alkanes of at least 4 members (excludes halogenated alkanes) is 12. The third-order valence-corrected chi connectivity index (χ3v) is 7.22. The molecule has 6 unspecified atom stereocenters. The maximum absolute atomic E-state index is 12.8. The van der Waals surface area contributed by atoms with Gasteiger partial charge in [0.05, 0.1) is 25.4 Å². The molecule has 0 aromatic carbocycles. The van der Waals surface area contributed by atoms with Crippen LogP contribution >= 0.6 is 0 Å². The minimum Gasteiger partial charge on any atom is -0.393 e. The van der Waals surface area contributed by atoms with Gasteiger partial charge in [-0.05, 0) is 12.8 Å². The quantitative estimate of drug-likeness (QED) is 0.0784. The fourth-order valence-corrected chi connectivity index (χ4v) is 4.69. The van der Waals surface area contributed by atoms with Gasteiger partial charge in [-0.1, -0.05) is 104 Å². The van der Waals surface area contributed by atoms with E-state index in [0.717, 1.165) is 51.4 Å². The molecule has 0 bridgehead atoms. The first kappa shape index (κ1) is 38.1. The van der Waals surface area contributed by atoms with Gasteiger partial charge in [0.15, 0.2) is 11.6 Å². The Hall–Kier alpha value is -0.940.